The number of hydrogen-bond acceptors (Lipinski definition) is 3. The standard InChI is InChI=1S/C6H10N2O3/c1-3-4(9)8-6(2,7)5(10)11/h3H,1,7H2,2H3,(H,8,9)(H,10,11). The van der Waals surface area contributed by atoms with Crippen LogP contribution >= 0.6 is 0 Å². The van der Waals surface area contributed by atoms with E-state index in [0.29, 0.717) is 0 Å². The lowest BCUT2D eigenvalue weighted by molar-refractivity contribution is -0.145. The first kappa shape index (κ1) is 9.64. The Morgan fingerprint density at radius 2 is 2.18 bits per heavy atom. The third-order valence-corrected chi connectivity index (χ3v) is 1.01. The largest absolute Gasteiger partial charge is 0.479 e. The number of rotatable bonds is 3. The van der Waals surface area contributed by atoms with E-state index in [2.05, 4.69) is 6.58 Å². The van der Waals surface area contributed by atoms with E-state index in [1.165, 1.54) is 6.92 Å². The highest BCUT2D eigenvalue weighted by molar-refractivity contribution is 5.92. The second-order valence-corrected chi connectivity index (χ2v) is 2.20. The number of hydrogen-bond donors (Lipinski definition) is 3. The minimum absolute atomic E-state index is 0.614. The van der Waals surface area contributed by atoms with Gasteiger partial charge >= 0.3 is 5.97 Å². The lowest BCUT2D eigenvalue weighted by Gasteiger charge is -2.19. The van der Waals surface area contributed by atoms with Crippen LogP contribution in [0.5, 0.6) is 0 Å². The van der Waals surface area contributed by atoms with Crippen molar-refractivity contribution in [3.8, 4) is 0 Å². The number of carbonyl (C=O) groups is 2. The van der Waals surface area contributed by atoms with Crippen molar-refractivity contribution in [3.63, 3.8) is 0 Å². The van der Waals surface area contributed by atoms with Crippen LogP contribution in [0.2, 0.25) is 0 Å². The van der Waals surface area contributed by atoms with Gasteiger partial charge in [-0.15, -0.1) is 0 Å². The molecule has 0 aliphatic rings. The molecule has 0 aliphatic carbocycles. The number of nitrogens with one attached hydrogen (secondary N) is 1. The molecule has 5 heteroatoms. The summed E-state index contributed by atoms with van der Waals surface area (Å²) in [5, 5.41) is 10.4. The molecule has 0 spiro atoms. The fourth-order valence-corrected chi connectivity index (χ4v) is 0.360. The summed E-state index contributed by atoms with van der Waals surface area (Å²) in [5.74, 6) is -1.91. The Bertz CT molecular complexity index is 198. The first-order valence-electron chi connectivity index (χ1n) is 2.87. The molecule has 0 fully saturated rings. The number of carboxylic acids is 1. The van der Waals surface area contributed by atoms with Crippen molar-refractivity contribution < 1.29 is 14.7 Å². The van der Waals surface area contributed by atoms with Gasteiger partial charge in [0.2, 0.25) is 5.91 Å². The number of carbonyl (C=O) groups excluding carboxylic acids is 1. The average Bonchev–Trinajstić information content (AvgIpc) is 1.86. The van der Waals surface area contributed by atoms with Gasteiger partial charge in [0, 0.05) is 0 Å². The first-order valence-corrected chi connectivity index (χ1v) is 2.87. The van der Waals surface area contributed by atoms with Gasteiger partial charge < -0.3 is 10.4 Å². The molecular weight excluding hydrogens is 148 g/mol. The van der Waals surface area contributed by atoms with Crippen LogP contribution < -0.4 is 11.1 Å². The quantitative estimate of drug-likeness (QED) is 0.364. The molecule has 4 N–H and O–H groups in total. The van der Waals surface area contributed by atoms with E-state index >= 15 is 0 Å². The molecule has 1 amide bonds. The zero-order valence-corrected chi connectivity index (χ0v) is 6.13. The summed E-state index contributed by atoms with van der Waals surface area (Å²) in [6, 6.07) is 0. The molecule has 62 valence electrons. The molecule has 0 saturated carbocycles. The first-order chi connectivity index (χ1) is 4.90. The average molecular weight is 158 g/mol. The summed E-state index contributed by atoms with van der Waals surface area (Å²) < 4.78 is 0. The van der Waals surface area contributed by atoms with Crippen LogP contribution in [0.4, 0.5) is 0 Å². The van der Waals surface area contributed by atoms with E-state index in [1.807, 2.05) is 5.32 Å². The monoisotopic (exact) mass is 158 g/mol. The summed E-state index contributed by atoms with van der Waals surface area (Å²) in [6.45, 7) is 4.32. The summed E-state index contributed by atoms with van der Waals surface area (Å²) in [7, 11) is 0. The highest BCUT2D eigenvalue weighted by Gasteiger charge is 2.28. The maximum Gasteiger partial charge on any atom is 0.344 e. The third-order valence-electron chi connectivity index (χ3n) is 1.01. The molecule has 0 saturated heterocycles. The Balaban J connectivity index is 4.23. The molecule has 11 heavy (non-hydrogen) atoms. The molecule has 1 unspecified atom stereocenters. The predicted molar refractivity (Wildman–Crippen MR) is 38.6 cm³/mol. The topological polar surface area (TPSA) is 92.4 Å². The van der Waals surface area contributed by atoms with Crippen molar-refractivity contribution >= 4 is 11.9 Å². The number of nitrogens with two attached hydrogens (primary N) is 1. The van der Waals surface area contributed by atoms with Crippen molar-refractivity contribution in [2.24, 2.45) is 5.73 Å². The summed E-state index contributed by atoms with van der Waals surface area (Å²) in [6.07, 6.45) is 0.952. The fraction of sp³-hybridized carbons (Fsp3) is 0.333. The van der Waals surface area contributed by atoms with Gasteiger partial charge in [-0.1, -0.05) is 6.58 Å². The number of amides is 1. The van der Waals surface area contributed by atoms with Crippen LogP contribution in [0.25, 0.3) is 0 Å². The lowest BCUT2D eigenvalue weighted by atomic mass is 10.2. The van der Waals surface area contributed by atoms with E-state index in [1.54, 1.807) is 0 Å². The second kappa shape index (κ2) is 3.16. The zero-order chi connectivity index (χ0) is 9.07. The van der Waals surface area contributed by atoms with Gasteiger partial charge in [0.15, 0.2) is 5.66 Å². The van der Waals surface area contributed by atoms with Gasteiger partial charge in [-0.2, -0.15) is 0 Å². The van der Waals surface area contributed by atoms with Crippen molar-refractivity contribution in [2.75, 3.05) is 0 Å². The van der Waals surface area contributed by atoms with Gasteiger partial charge in [-0.05, 0) is 13.0 Å². The molecule has 0 aromatic carbocycles. The van der Waals surface area contributed by atoms with Crippen molar-refractivity contribution in [1.29, 1.82) is 0 Å². The predicted octanol–water partition coefficient (Wildman–Crippen LogP) is -0.952. The van der Waals surface area contributed by atoms with Gasteiger partial charge in [0.1, 0.15) is 0 Å². The molecule has 0 aromatic rings. The molecule has 1 atom stereocenters. The van der Waals surface area contributed by atoms with Crippen LogP contribution in [0, 0.1) is 0 Å². The fourth-order valence-electron chi connectivity index (χ4n) is 0.360. The summed E-state index contributed by atoms with van der Waals surface area (Å²) in [4.78, 5) is 20.9. The van der Waals surface area contributed by atoms with E-state index < -0.39 is 17.5 Å². The molecule has 0 aliphatic heterocycles. The highest BCUT2D eigenvalue weighted by Crippen LogP contribution is 1.92. The van der Waals surface area contributed by atoms with E-state index in [9.17, 15) is 9.59 Å². The van der Waals surface area contributed by atoms with E-state index in [0.717, 1.165) is 6.08 Å². The van der Waals surface area contributed by atoms with Gasteiger partial charge in [0.25, 0.3) is 0 Å². The van der Waals surface area contributed by atoms with Crippen LogP contribution in [0.1, 0.15) is 6.92 Å². The SMILES string of the molecule is C=CC(=O)NC(C)(N)C(=O)O. The Hall–Kier alpha value is -1.36. The molecule has 0 radical (unpaired) electrons. The van der Waals surface area contributed by atoms with Crippen molar-refractivity contribution in [1.82, 2.24) is 5.32 Å². The molecule has 0 aromatic heterocycles. The Labute approximate surface area is 63.9 Å². The molecule has 0 heterocycles. The summed E-state index contributed by atoms with van der Waals surface area (Å²) >= 11 is 0. The molecule has 0 bridgehead atoms. The minimum Gasteiger partial charge on any atom is -0.479 e. The maximum absolute atomic E-state index is 10.6. The Kier molecular flexibility index (Phi) is 2.77. The zero-order valence-electron chi connectivity index (χ0n) is 6.13. The van der Waals surface area contributed by atoms with Crippen LogP contribution in [-0.2, 0) is 9.59 Å². The smallest absolute Gasteiger partial charge is 0.344 e. The van der Waals surface area contributed by atoms with Crippen LogP contribution in [0.3, 0.4) is 0 Å². The number of carboxylic acid groups (broad SMARTS) is 1. The summed E-state index contributed by atoms with van der Waals surface area (Å²) in [5.41, 5.74) is 3.43. The molecule has 5 nitrogen and oxygen atoms in total. The normalized spacial score (nSPS) is 14.7. The molecular formula is C6H10N2O3. The van der Waals surface area contributed by atoms with Gasteiger partial charge in [-0.25, -0.2) is 4.79 Å². The Morgan fingerprint density at radius 1 is 1.73 bits per heavy atom. The highest BCUT2D eigenvalue weighted by atomic mass is 16.4. The van der Waals surface area contributed by atoms with Crippen molar-refractivity contribution in [2.45, 2.75) is 12.6 Å². The van der Waals surface area contributed by atoms with Crippen LogP contribution in [-0.4, -0.2) is 22.6 Å². The number of aliphatic carboxylic acids is 1. The van der Waals surface area contributed by atoms with Gasteiger partial charge in [0.05, 0.1) is 0 Å². The minimum atomic E-state index is -1.73. The Morgan fingerprint density at radius 3 is 2.45 bits per heavy atom. The van der Waals surface area contributed by atoms with E-state index in [4.69, 9.17) is 10.8 Å². The second-order valence-electron chi connectivity index (χ2n) is 2.20. The lowest BCUT2D eigenvalue weighted by Crippen LogP contribution is -2.58. The van der Waals surface area contributed by atoms with Gasteiger partial charge in [-0.3, -0.25) is 10.5 Å². The molecule has 0 rings (SSSR count). The van der Waals surface area contributed by atoms with Crippen molar-refractivity contribution in [3.05, 3.63) is 12.7 Å². The van der Waals surface area contributed by atoms with E-state index in [-0.39, 0.29) is 0 Å². The third kappa shape index (κ3) is 2.81. The maximum atomic E-state index is 10.6. The van der Waals surface area contributed by atoms with Crippen LogP contribution in [0.15, 0.2) is 12.7 Å².